The summed E-state index contributed by atoms with van der Waals surface area (Å²) in [6, 6.07) is 6.72. The summed E-state index contributed by atoms with van der Waals surface area (Å²) in [5.74, 6) is 6.86. The highest BCUT2D eigenvalue weighted by Crippen LogP contribution is 2.07. The van der Waals surface area contributed by atoms with Crippen molar-refractivity contribution in [1.29, 1.82) is 0 Å². The molecule has 0 aromatic heterocycles. The standard InChI is InChI=1S/C15H15NO2/c1-4-5-10-15(2,3)16-11-12-6-8-13(9-7-12)14(17)18/h1,6-9,16H,11H2,2-3H3,(H,17,18). The Kier molecular flexibility index (Phi) is 4.54. The third-order valence-corrected chi connectivity index (χ3v) is 2.38. The van der Waals surface area contributed by atoms with Gasteiger partial charge in [-0.3, -0.25) is 5.32 Å². The number of carbonyl (C=O) groups is 1. The van der Waals surface area contributed by atoms with Gasteiger partial charge in [-0.2, -0.15) is 0 Å². The van der Waals surface area contributed by atoms with Crippen molar-refractivity contribution in [3.8, 4) is 24.2 Å². The van der Waals surface area contributed by atoms with E-state index in [2.05, 4.69) is 23.1 Å². The molecule has 0 aliphatic carbocycles. The number of carboxylic acid groups (broad SMARTS) is 1. The minimum atomic E-state index is -0.922. The Morgan fingerprint density at radius 3 is 2.50 bits per heavy atom. The second-order valence-electron chi connectivity index (χ2n) is 4.37. The molecule has 0 aliphatic rings. The van der Waals surface area contributed by atoms with E-state index in [4.69, 9.17) is 11.5 Å². The van der Waals surface area contributed by atoms with Gasteiger partial charge >= 0.3 is 5.97 Å². The molecular weight excluding hydrogens is 226 g/mol. The Morgan fingerprint density at radius 2 is 2.00 bits per heavy atom. The number of hydrogen-bond donors (Lipinski definition) is 2. The SMILES string of the molecule is C#CC#CC(C)(C)NCc1ccc(C(=O)O)cc1. The predicted octanol–water partition coefficient (Wildman–Crippen LogP) is 1.89. The highest BCUT2D eigenvalue weighted by molar-refractivity contribution is 5.87. The van der Waals surface area contributed by atoms with Crippen molar-refractivity contribution < 1.29 is 9.90 Å². The average molecular weight is 241 g/mol. The largest absolute Gasteiger partial charge is 0.478 e. The van der Waals surface area contributed by atoms with Crippen molar-refractivity contribution in [1.82, 2.24) is 5.32 Å². The van der Waals surface area contributed by atoms with Crippen LogP contribution in [0.5, 0.6) is 0 Å². The van der Waals surface area contributed by atoms with Gasteiger partial charge in [0.25, 0.3) is 0 Å². The smallest absolute Gasteiger partial charge is 0.335 e. The van der Waals surface area contributed by atoms with Gasteiger partial charge in [-0.25, -0.2) is 4.79 Å². The van der Waals surface area contributed by atoms with E-state index in [0.717, 1.165) is 5.56 Å². The monoisotopic (exact) mass is 241 g/mol. The van der Waals surface area contributed by atoms with Crippen LogP contribution in [0.4, 0.5) is 0 Å². The Hall–Kier alpha value is -2.23. The molecular formula is C15H15NO2. The molecule has 0 radical (unpaired) electrons. The van der Waals surface area contributed by atoms with Gasteiger partial charge in [-0.05, 0) is 43.4 Å². The summed E-state index contributed by atoms with van der Waals surface area (Å²) in [7, 11) is 0. The summed E-state index contributed by atoms with van der Waals surface area (Å²) in [6.45, 7) is 4.47. The van der Waals surface area contributed by atoms with E-state index in [1.165, 1.54) is 0 Å². The zero-order valence-corrected chi connectivity index (χ0v) is 10.4. The lowest BCUT2D eigenvalue weighted by Crippen LogP contribution is -2.37. The fourth-order valence-corrected chi connectivity index (χ4v) is 1.32. The van der Waals surface area contributed by atoms with Crippen molar-refractivity contribution in [2.24, 2.45) is 0 Å². The number of rotatable bonds is 4. The quantitative estimate of drug-likeness (QED) is 0.791. The molecule has 0 heterocycles. The zero-order valence-electron chi connectivity index (χ0n) is 10.4. The van der Waals surface area contributed by atoms with Gasteiger partial charge in [0.2, 0.25) is 0 Å². The fourth-order valence-electron chi connectivity index (χ4n) is 1.32. The fraction of sp³-hybridized carbons (Fsp3) is 0.267. The molecule has 92 valence electrons. The molecule has 0 aliphatic heterocycles. The molecule has 0 bridgehead atoms. The van der Waals surface area contributed by atoms with Crippen LogP contribution in [0.3, 0.4) is 0 Å². The number of hydrogen-bond acceptors (Lipinski definition) is 2. The summed E-state index contributed by atoms with van der Waals surface area (Å²) >= 11 is 0. The van der Waals surface area contributed by atoms with Crippen LogP contribution in [0.1, 0.15) is 29.8 Å². The normalized spacial score (nSPS) is 10.1. The van der Waals surface area contributed by atoms with Crippen LogP contribution in [0.2, 0.25) is 0 Å². The number of nitrogens with one attached hydrogen (secondary N) is 1. The second-order valence-corrected chi connectivity index (χ2v) is 4.37. The molecule has 0 spiro atoms. The van der Waals surface area contributed by atoms with Crippen molar-refractivity contribution in [2.75, 3.05) is 0 Å². The Morgan fingerprint density at radius 1 is 1.39 bits per heavy atom. The molecule has 2 N–H and O–H groups in total. The maximum absolute atomic E-state index is 10.7. The number of benzene rings is 1. The van der Waals surface area contributed by atoms with Gasteiger partial charge < -0.3 is 5.11 Å². The van der Waals surface area contributed by atoms with Crippen LogP contribution in [0.25, 0.3) is 0 Å². The second kappa shape index (κ2) is 5.91. The first-order chi connectivity index (χ1) is 8.44. The summed E-state index contributed by atoms with van der Waals surface area (Å²) in [5.41, 5.74) is 0.901. The Labute approximate surface area is 107 Å². The lowest BCUT2D eigenvalue weighted by Gasteiger charge is -2.19. The first kappa shape index (κ1) is 13.8. The van der Waals surface area contributed by atoms with Crippen LogP contribution in [0.15, 0.2) is 24.3 Å². The number of aromatic carboxylic acids is 1. The third-order valence-electron chi connectivity index (χ3n) is 2.38. The molecule has 1 aromatic carbocycles. The first-order valence-corrected chi connectivity index (χ1v) is 5.49. The number of carboxylic acids is 1. The van der Waals surface area contributed by atoms with Gasteiger partial charge in [0.1, 0.15) is 0 Å². The summed E-state index contributed by atoms with van der Waals surface area (Å²) in [4.78, 5) is 10.7. The number of terminal acetylenes is 1. The molecule has 0 amide bonds. The van der Waals surface area contributed by atoms with E-state index in [9.17, 15) is 4.79 Å². The van der Waals surface area contributed by atoms with Gasteiger partial charge in [-0.1, -0.05) is 18.1 Å². The molecule has 0 unspecified atom stereocenters. The van der Waals surface area contributed by atoms with Crippen molar-refractivity contribution in [3.63, 3.8) is 0 Å². The van der Waals surface area contributed by atoms with Crippen LogP contribution in [-0.2, 0) is 6.54 Å². The maximum atomic E-state index is 10.7. The zero-order chi connectivity index (χ0) is 13.6. The topological polar surface area (TPSA) is 49.3 Å². The lowest BCUT2D eigenvalue weighted by atomic mass is 10.1. The van der Waals surface area contributed by atoms with E-state index in [-0.39, 0.29) is 11.1 Å². The summed E-state index contributed by atoms with van der Waals surface area (Å²) < 4.78 is 0. The van der Waals surface area contributed by atoms with Crippen molar-refractivity contribution in [3.05, 3.63) is 35.4 Å². The maximum Gasteiger partial charge on any atom is 0.335 e. The summed E-state index contributed by atoms with van der Waals surface area (Å²) in [5, 5.41) is 12.0. The van der Waals surface area contributed by atoms with Crippen LogP contribution >= 0.6 is 0 Å². The molecule has 0 atom stereocenters. The van der Waals surface area contributed by atoms with Crippen LogP contribution in [0, 0.1) is 24.2 Å². The summed E-state index contributed by atoms with van der Waals surface area (Å²) in [6.07, 6.45) is 5.08. The van der Waals surface area contributed by atoms with E-state index in [0.29, 0.717) is 6.54 Å². The average Bonchev–Trinajstić information content (AvgIpc) is 2.35. The molecule has 3 nitrogen and oxygen atoms in total. The van der Waals surface area contributed by atoms with Gasteiger partial charge in [0, 0.05) is 6.54 Å². The first-order valence-electron chi connectivity index (χ1n) is 5.49. The van der Waals surface area contributed by atoms with Crippen molar-refractivity contribution in [2.45, 2.75) is 25.9 Å². The Balaban J connectivity index is 2.64. The minimum absolute atomic E-state index is 0.283. The van der Waals surface area contributed by atoms with Gasteiger partial charge in [-0.15, -0.1) is 6.42 Å². The van der Waals surface area contributed by atoms with Crippen molar-refractivity contribution >= 4 is 5.97 Å². The van der Waals surface area contributed by atoms with E-state index >= 15 is 0 Å². The molecule has 0 fully saturated rings. The minimum Gasteiger partial charge on any atom is -0.478 e. The van der Waals surface area contributed by atoms with Crippen LogP contribution < -0.4 is 5.32 Å². The molecule has 0 saturated heterocycles. The van der Waals surface area contributed by atoms with E-state index in [1.54, 1.807) is 24.3 Å². The highest BCUT2D eigenvalue weighted by atomic mass is 16.4. The van der Waals surface area contributed by atoms with Crippen LogP contribution in [-0.4, -0.2) is 16.6 Å². The lowest BCUT2D eigenvalue weighted by molar-refractivity contribution is 0.0697. The Bertz CT molecular complexity index is 524. The molecule has 3 heteroatoms. The van der Waals surface area contributed by atoms with Gasteiger partial charge in [0.15, 0.2) is 0 Å². The molecule has 1 aromatic rings. The van der Waals surface area contributed by atoms with E-state index < -0.39 is 5.97 Å². The van der Waals surface area contributed by atoms with Gasteiger partial charge in [0.05, 0.1) is 11.1 Å². The molecule has 18 heavy (non-hydrogen) atoms. The molecule has 0 saturated carbocycles. The molecule has 1 rings (SSSR count). The third kappa shape index (κ3) is 4.33. The highest BCUT2D eigenvalue weighted by Gasteiger charge is 2.12. The van der Waals surface area contributed by atoms with E-state index in [1.807, 2.05) is 13.8 Å². The predicted molar refractivity (Wildman–Crippen MR) is 70.9 cm³/mol.